The molecule has 0 spiro atoms. The van der Waals surface area contributed by atoms with Gasteiger partial charge in [-0.15, -0.1) is 10.2 Å². The fourth-order valence-electron chi connectivity index (χ4n) is 6.48. The monoisotopic (exact) mass is 543 g/mol. The summed E-state index contributed by atoms with van der Waals surface area (Å²) in [4.78, 5) is 15.7. The van der Waals surface area contributed by atoms with Crippen molar-refractivity contribution in [2.24, 2.45) is 5.92 Å². The smallest absolute Gasteiger partial charge is 0.248 e. The lowest BCUT2D eigenvalue weighted by molar-refractivity contribution is -0.130. The van der Waals surface area contributed by atoms with E-state index in [4.69, 9.17) is 0 Å². The van der Waals surface area contributed by atoms with Gasteiger partial charge in [0.2, 0.25) is 11.8 Å². The summed E-state index contributed by atoms with van der Waals surface area (Å²) in [5, 5.41) is 12.2. The van der Waals surface area contributed by atoms with Crippen LogP contribution in [0, 0.1) is 12.8 Å². The van der Waals surface area contributed by atoms with Crippen LogP contribution in [-0.4, -0.2) is 50.6 Å². The summed E-state index contributed by atoms with van der Waals surface area (Å²) < 4.78 is 29.7. The number of hydrogen-bond acceptors (Lipinski definition) is 4. The highest BCUT2D eigenvalue weighted by atomic mass is 19.3. The summed E-state index contributed by atoms with van der Waals surface area (Å²) in [7, 11) is 0. The van der Waals surface area contributed by atoms with Crippen molar-refractivity contribution in [1.82, 2.24) is 25.0 Å². The van der Waals surface area contributed by atoms with Gasteiger partial charge in [-0.25, -0.2) is 8.78 Å². The van der Waals surface area contributed by atoms with Crippen LogP contribution in [0.3, 0.4) is 0 Å². The van der Waals surface area contributed by atoms with Crippen LogP contribution >= 0.6 is 0 Å². The number of alkyl halides is 2. The van der Waals surface area contributed by atoms with Gasteiger partial charge < -0.3 is 14.8 Å². The number of carbonyl (C=O) groups excluding carboxylic acids is 1. The van der Waals surface area contributed by atoms with E-state index in [2.05, 4.69) is 64.8 Å². The average Bonchev–Trinajstić information content (AvgIpc) is 3.55. The molecule has 2 aliphatic rings. The number of rotatable bonds is 12. The molecule has 1 saturated heterocycles. The zero-order chi connectivity index (χ0) is 28.0. The molecule has 1 aromatic carbocycles. The van der Waals surface area contributed by atoms with Crippen LogP contribution in [0.1, 0.15) is 120 Å². The van der Waals surface area contributed by atoms with Gasteiger partial charge in [0.1, 0.15) is 11.6 Å². The normalized spacial score (nSPS) is 22.5. The maximum Gasteiger partial charge on any atom is 0.248 e. The molecule has 1 saturated carbocycles. The lowest BCUT2D eigenvalue weighted by atomic mass is 9.86. The molecule has 1 aliphatic carbocycles. The van der Waals surface area contributed by atoms with E-state index in [1.807, 2.05) is 18.2 Å². The molecule has 2 fully saturated rings. The number of halogens is 2. The van der Waals surface area contributed by atoms with Crippen molar-refractivity contribution < 1.29 is 13.6 Å². The first-order chi connectivity index (χ1) is 18.7. The van der Waals surface area contributed by atoms with Gasteiger partial charge in [-0.2, -0.15) is 0 Å². The number of amides is 1. The molecule has 0 bridgehead atoms. The highest BCUT2D eigenvalue weighted by Gasteiger charge is 2.38. The van der Waals surface area contributed by atoms with Crippen molar-refractivity contribution in [3.63, 3.8) is 0 Å². The summed E-state index contributed by atoms with van der Waals surface area (Å²) in [6, 6.07) is 10.8. The molecule has 8 heteroatoms. The SMILES string of the molecule is CCC(C)c1nnc(C)n1C(CC)CC1CCCN1CC[C@H](NC(=O)C1CCC(F)(F)CC1)c1ccccc1. The Labute approximate surface area is 232 Å². The molecule has 1 N–H and O–H groups in total. The Morgan fingerprint density at radius 1 is 1.10 bits per heavy atom. The summed E-state index contributed by atoms with van der Waals surface area (Å²) in [5.41, 5.74) is 1.08. The largest absolute Gasteiger partial charge is 0.349 e. The fraction of sp³-hybridized carbons (Fsp3) is 0.710. The molecule has 4 rings (SSSR count). The molecular weight excluding hydrogens is 496 g/mol. The highest BCUT2D eigenvalue weighted by Crippen LogP contribution is 2.37. The van der Waals surface area contributed by atoms with Crippen molar-refractivity contribution in [1.29, 1.82) is 0 Å². The predicted octanol–water partition coefficient (Wildman–Crippen LogP) is 6.98. The minimum Gasteiger partial charge on any atom is -0.349 e. The van der Waals surface area contributed by atoms with E-state index in [9.17, 15) is 13.6 Å². The Morgan fingerprint density at radius 3 is 2.49 bits per heavy atom. The molecular formula is C31H47F2N5O. The van der Waals surface area contributed by atoms with Crippen LogP contribution in [0.4, 0.5) is 8.78 Å². The molecule has 1 aromatic heterocycles. The minimum absolute atomic E-state index is 0.0796. The first-order valence-electron chi connectivity index (χ1n) is 15.1. The fourth-order valence-corrected chi connectivity index (χ4v) is 6.48. The summed E-state index contributed by atoms with van der Waals surface area (Å²) in [6.45, 7) is 10.7. The summed E-state index contributed by atoms with van der Waals surface area (Å²) >= 11 is 0. The number of likely N-dealkylation sites (tertiary alicyclic amines) is 1. The van der Waals surface area contributed by atoms with Gasteiger partial charge in [0.05, 0.1) is 6.04 Å². The molecule has 4 atom stereocenters. The number of aromatic nitrogens is 3. The van der Waals surface area contributed by atoms with Gasteiger partial charge in [0, 0.05) is 43.3 Å². The predicted molar refractivity (Wildman–Crippen MR) is 151 cm³/mol. The summed E-state index contributed by atoms with van der Waals surface area (Å²) in [6.07, 6.45) is 6.43. The zero-order valence-corrected chi connectivity index (χ0v) is 24.2. The van der Waals surface area contributed by atoms with E-state index in [-0.39, 0.29) is 43.6 Å². The third-order valence-corrected chi connectivity index (χ3v) is 9.14. The molecule has 1 amide bonds. The number of benzene rings is 1. The van der Waals surface area contributed by atoms with Gasteiger partial charge in [-0.05, 0) is 70.4 Å². The van der Waals surface area contributed by atoms with Crippen LogP contribution in [0.15, 0.2) is 30.3 Å². The maximum atomic E-state index is 13.7. The van der Waals surface area contributed by atoms with E-state index in [0.29, 0.717) is 18.0 Å². The van der Waals surface area contributed by atoms with Crippen LogP contribution < -0.4 is 5.32 Å². The van der Waals surface area contributed by atoms with Gasteiger partial charge in [0.25, 0.3) is 0 Å². The van der Waals surface area contributed by atoms with Crippen LogP contribution in [0.2, 0.25) is 0 Å². The van der Waals surface area contributed by atoms with E-state index in [1.54, 1.807) is 0 Å². The lowest BCUT2D eigenvalue weighted by Crippen LogP contribution is -2.40. The second kappa shape index (κ2) is 13.3. The Hall–Kier alpha value is -2.35. The third kappa shape index (κ3) is 7.44. The van der Waals surface area contributed by atoms with Gasteiger partial charge in [-0.3, -0.25) is 4.79 Å². The van der Waals surface area contributed by atoms with Crippen molar-refractivity contribution in [3.05, 3.63) is 47.5 Å². The molecule has 6 nitrogen and oxygen atoms in total. The number of nitrogens with zero attached hydrogens (tertiary/aromatic N) is 4. The number of nitrogens with one attached hydrogen (secondary N) is 1. The van der Waals surface area contributed by atoms with Crippen molar-refractivity contribution >= 4 is 5.91 Å². The van der Waals surface area contributed by atoms with E-state index in [0.717, 1.165) is 56.0 Å². The molecule has 2 aromatic rings. The second-order valence-corrected chi connectivity index (χ2v) is 11.8. The molecule has 216 valence electrons. The minimum atomic E-state index is -2.63. The van der Waals surface area contributed by atoms with E-state index in [1.165, 1.54) is 12.8 Å². The van der Waals surface area contributed by atoms with E-state index < -0.39 is 5.92 Å². The molecule has 3 unspecified atom stereocenters. The first kappa shape index (κ1) is 29.6. The van der Waals surface area contributed by atoms with Crippen LogP contribution in [0.25, 0.3) is 0 Å². The third-order valence-electron chi connectivity index (χ3n) is 9.14. The topological polar surface area (TPSA) is 63.1 Å². The Kier molecular flexibility index (Phi) is 10.1. The second-order valence-electron chi connectivity index (χ2n) is 11.8. The van der Waals surface area contributed by atoms with Crippen molar-refractivity contribution in [2.75, 3.05) is 13.1 Å². The lowest BCUT2D eigenvalue weighted by Gasteiger charge is -2.32. The zero-order valence-electron chi connectivity index (χ0n) is 24.2. The van der Waals surface area contributed by atoms with Gasteiger partial charge in [-0.1, -0.05) is 51.1 Å². The van der Waals surface area contributed by atoms with Crippen molar-refractivity contribution in [2.45, 2.75) is 122 Å². The van der Waals surface area contributed by atoms with Crippen molar-refractivity contribution in [3.8, 4) is 0 Å². The van der Waals surface area contributed by atoms with E-state index >= 15 is 0 Å². The molecule has 2 heterocycles. The number of hydrogen-bond donors (Lipinski definition) is 1. The van der Waals surface area contributed by atoms with Gasteiger partial charge in [0.15, 0.2) is 0 Å². The summed E-state index contributed by atoms with van der Waals surface area (Å²) in [5.74, 6) is -0.563. The Morgan fingerprint density at radius 2 is 1.82 bits per heavy atom. The number of carbonyl (C=O) groups is 1. The first-order valence-corrected chi connectivity index (χ1v) is 15.1. The molecule has 1 aliphatic heterocycles. The van der Waals surface area contributed by atoms with Gasteiger partial charge >= 0.3 is 0 Å². The Balaban J connectivity index is 1.41. The van der Waals surface area contributed by atoms with Crippen LogP contribution in [-0.2, 0) is 4.79 Å². The maximum absolute atomic E-state index is 13.7. The quantitative estimate of drug-likeness (QED) is 0.314. The standard InChI is InChI=1S/C31H47F2N5O/c1-5-22(3)29-36-35-23(4)38(29)26(6-2)21-27-13-10-19-37(27)20-16-28(24-11-8-7-9-12-24)34-30(39)25-14-17-31(32,33)18-15-25/h7-9,11-12,22,25-28H,5-6,10,13-21H2,1-4H3,(H,34,39)/t22?,26?,27?,28-/m0/s1. The van der Waals surface area contributed by atoms with Crippen LogP contribution in [0.5, 0.6) is 0 Å². The Bertz CT molecular complexity index is 1050. The average molecular weight is 544 g/mol. The number of aryl methyl sites for hydroxylation is 1. The highest BCUT2D eigenvalue weighted by molar-refractivity contribution is 5.79. The molecule has 0 radical (unpaired) electrons. The molecule has 39 heavy (non-hydrogen) atoms.